The zero-order chi connectivity index (χ0) is 37.2. The number of sulfonamides is 1. The molecule has 0 saturated carbocycles. The maximum absolute atomic E-state index is 14.4. The molecule has 3 aromatic rings. The Morgan fingerprint density at radius 3 is 1.96 bits per heavy atom. The van der Waals surface area contributed by atoms with Gasteiger partial charge in [-0.3, -0.25) is 9.59 Å². The molecule has 2 atom stereocenters. The first-order valence-corrected chi connectivity index (χ1v) is 18.4. The number of aliphatic hydroxyl groups excluding tert-OH is 2. The van der Waals surface area contributed by atoms with Gasteiger partial charge < -0.3 is 25.7 Å². The molecule has 0 unspecified atom stereocenters. The van der Waals surface area contributed by atoms with Crippen molar-refractivity contribution in [3.8, 4) is 0 Å². The Kier molecular flexibility index (Phi) is 14.6. The summed E-state index contributed by atoms with van der Waals surface area (Å²) in [5, 5.41) is 21.0. The van der Waals surface area contributed by atoms with E-state index >= 15 is 0 Å². The van der Waals surface area contributed by atoms with Crippen molar-refractivity contribution in [2.75, 3.05) is 26.2 Å². The molecule has 0 aliphatic carbocycles. The number of aliphatic hydroxyl groups is 2. The van der Waals surface area contributed by atoms with Gasteiger partial charge in [0, 0.05) is 49.4 Å². The maximum Gasteiger partial charge on any atom is 0.254 e. The number of hydrogen-bond donors (Lipinski definition) is 4. The summed E-state index contributed by atoms with van der Waals surface area (Å²) < 4.78 is 57.4. The second kappa shape index (κ2) is 18.0. The average molecular weight is 717 g/mol. The molecule has 3 aromatic carbocycles. The minimum atomic E-state index is -4.35. The van der Waals surface area contributed by atoms with E-state index in [1.165, 1.54) is 30.9 Å². The molecule has 0 spiro atoms. The summed E-state index contributed by atoms with van der Waals surface area (Å²) in [5.74, 6) is -2.71. The second-order valence-electron chi connectivity index (χ2n) is 13.3. The minimum absolute atomic E-state index is 0.00110. The Balaban J connectivity index is 2.11. The van der Waals surface area contributed by atoms with Gasteiger partial charge in [0.15, 0.2) is 0 Å². The highest BCUT2D eigenvalue weighted by Crippen LogP contribution is 2.23. The van der Waals surface area contributed by atoms with Crippen LogP contribution in [0.1, 0.15) is 84.9 Å². The van der Waals surface area contributed by atoms with Crippen molar-refractivity contribution in [3.05, 3.63) is 100 Å². The number of rotatable bonds is 18. The lowest BCUT2D eigenvalue weighted by atomic mass is 10.0. The molecule has 10 nitrogen and oxygen atoms in total. The number of benzene rings is 3. The van der Waals surface area contributed by atoms with Crippen LogP contribution in [0.4, 0.5) is 8.78 Å². The molecule has 0 fully saturated rings. The van der Waals surface area contributed by atoms with Crippen molar-refractivity contribution in [1.82, 2.24) is 14.5 Å². The van der Waals surface area contributed by atoms with E-state index in [9.17, 15) is 37.0 Å². The van der Waals surface area contributed by atoms with Crippen molar-refractivity contribution in [1.29, 1.82) is 0 Å². The molecule has 0 saturated heterocycles. The van der Waals surface area contributed by atoms with Crippen LogP contribution in [0.5, 0.6) is 0 Å². The molecule has 5 N–H and O–H groups in total. The van der Waals surface area contributed by atoms with Gasteiger partial charge in [-0.05, 0) is 86.6 Å². The summed E-state index contributed by atoms with van der Waals surface area (Å²) in [7, 11) is -4.35. The lowest BCUT2D eigenvalue weighted by Crippen LogP contribution is -2.47. The number of nitrogens with one attached hydrogen (secondary N) is 1. The SMILES string of the molecule is CCCN(CCC)C(=O)c1cc(C(=O)N(Cc2cccc(CC)c2)C[C@@H](O)[C@@H](N)Cc2cc(F)cc(F)c2)cc(S(=O)(=O)NC(C)(C)CO)c1. The van der Waals surface area contributed by atoms with E-state index in [1.54, 1.807) is 4.90 Å². The molecule has 0 heterocycles. The van der Waals surface area contributed by atoms with Gasteiger partial charge in [0.25, 0.3) is 11.8 Å². The third kappa shape index (κ3) is 11.4. The standard InChI is InChI=1S/C37H50F2N4O6S/c1-6-12-42(13-7-2)35(46)28-18-29(20-32(19-28)50(48,49)41-37(4,5)24-44)36(47)43(22-26-11-9-10-25(8-3)14-26)23-34(45)33(40)17-27-15-30(38)21-31(39)16-27/h9-11,14-16,18-21,33-34,41,44-45H,6-8,12-13,17,22-24,40H2,1-5H3/t33-,34+/m0/s1. The van der Waals surface area contributed by atoms with Crippen LogP contribution >= 0.6 is 0 Å². The first kappa shape index (κ1) is 40.7. The van der Waals surface area contributed by atoms with E-state index < -0.39 is 57.8 Å². The number of nitrogens with two attached hydrogens (primary N) is 1. The predicted octanol–water partition coefficient (Wildman–Crippen LogP) is 4.41. The highest BCUT2D eigenvalue weighted by molar-refractivity contribution is 7.89. The van der Waals surface area contributed by atoms with E-state index in [0.29, 0.717) is 25.9 Å². The first-order chi connectivity index (χ1) is 23.5. The molecule has 2 amide bonds. The lowest BCUT2D eigenvalue weighted by Gasteiger charge is -2.29. The topological polar surface area (TPSA) is 153 Å². The molecule has 3 rings (SSSR count). The first-order valence-electron chi connectivity index (χ1n) is 16.9. The summed E-state index contributed by atoms with van der Waals surface area (Å²) in [6.45, 7) is 8.80. The fourth-order valence-corrected chi connectivity index (χ4v) is 7.04. The summed E-state index contributed by atoms with van der Waals surface area (Å²) >= 11 is 0. The summed E-state index contributed by atoms with van der Waals surface area (Å²) in [6.07, 6.45) is 0.601. The van der Waals surface area contributed by atoms with Gasteiger partial charge in [0.05, 0.1) is 23.1 Å². The molecular weight excluding hydrogens is 666 g/mol. The molecule has 0 aliphatic heterocycles. The number of carbonyl (C=O) groups is 2. The number of hydrogen-bond acceptors (Lipinski definition) is 7. The normalized spacial score (nSPS) is 13.2. The number of nitrogens with zero attached hydrogens (tertiary/aromatic N) is 2. The Morgan fingerprint density at radius 2 is 1.42 bits per heavy atom. The van der Waals surface area contributed by atoms with Gasteiger partial charge in [-0.1, -0.05) is 45.0 Å². The van der Waals surface area contributed by atoms with Crippen molar-refractivity contribution in [3.63, 3.8) is 0 Å². The van der Waals surface area contributed by atoms with Crippen molar-refractivity contribution < 1.29 is 37.0 Å². The molecule has 0 radical (unpaired) electrons. The van der Waals surface area contributed by atoms with Crippen LogP contribution < -0.4 is 10.5 Å². The third-order valence-electron chi connectivity index (χ3n) is 8.15. The van der Waals surface area contributed by atoms with Crippen molar-refractivity contribution in [2.45, 2.75) is 89.4 Å². The van der Waals surface area contributed by atoms with E-state index in [0.717, 1.165) is 41.8 Å². The lowest BCUT2D eigenvalue weighted by molar-refractivity contribution is 0.0554. The quantitative estimate of drug-likeness (QED) is 0.152. The van der Waals surface area contributed by atoms with E-state index in [-0.39, 0.29) is 41.1 Å². The average Bonchev–Trinajstić information content (AvgIpc) is 3.06. The van der Waals surface area contributed by atoms with Crippen LogP contribution in [-0.4, -0.2) is 84.2 Å². The predicted molar refractivity (Wildman–Crippen MR) is 189 cm³/mol. The molecular formula is C37H50F2N4O6S. The van der Waals surface area contributed by atoms with Crippen LogP contribution in [0.25, 0.3) is 0 Å². The fraction of sp³-hybridized carbons (Fsp3) is 0.459. The van der Waals surface area contributed by atoms with Crippen LogP contribution in [-0.2, 0) is 29.4 Å². The Morgan fingerprint density at radius 1 is 0.860 bits per heavy atom. The van der Waals surface area contributed by atoms with Crippen LogP contribution in [0.2, 0.25) is 0 Å². The van der Waals surface area contributed by atoms with Gasteiger partial charge in [0.2, 0.25) is 10.0 Å². The second-order valence-corrected chi connectivity index (χ2v) is 14.9. The van der Waals surface area contributed by atoms with Gasteiger partial charge >= 0.3 is 0 Å². The summed E-state index contributed by atoms with van der Waals surface area (Å²) in [6, 6.07) is 13.1. The van der Waals surface area contributed by atoms with Crippen LogP contribution in [0.3, 0.4) is 0 Å². The van der Waals surface area contributed by atoms with Crippen LogP contribution in [0, 0.1) is 11.6 Å². The highest BCUT2D eigenvalue weighted by atomic mass is 32.2. The third-order valence-corrected chi connectivity index (χ3v) is 9.82. The van der Waals surface area contributed by atoms with Crippen molar-refractivity contribution >= 4 is 21.8 Å². The summed E-state index contributed by atoms with van der Waals surface area (Å²) in [4.78, 5) is 30.8. The van der Waals surface area contributed by atoms with E-state index in [1.807, 2.05) is 45.0 Å². The van der Waals surface area contributed by atoms with Gasteiger partial charge in [-0.2, -0.15) is 0 Å². The molecule has 13 heteroatoms. The number of halogens is 2. The van der Waals surface area contributed by atoms with Crippen LogP contribution in [0.15, 0.2) is 65.6 Å². The molecule has 0 aromatic heterocycles. The van der Waals surface area contributed by atoms with Gasteiger partial charge in [-0.25, -0.2) is 21.9 Å². The van der Waals surface area contributed by atoms with Gasteiger partial charge in [0.1, 0.15) is 11.6 Å². The van der Waals surface area contributed by atoms with E-state index in [4.69, 9.17) is 5.73 Å². The Hall–Kier alpha value is -3.75. The van der Waals surface area contributed by atoms with E-state index in [2.05, 4.69) is 4.72 Å². The number of carbonyl (C=O) groups excluding carboxylic acids is 2. The molecule has 0 bridgehead atoms. The van der Waals surface area contributed by atoms with Crippen molar-refractivity contribution in [2.24, 2.45) is 5.73 Å². The Labute approximate surface area is 294 Å². The maximum atomic E-state index is 14.4. The highest BCUT2D eigenvalue weighted by Gasteiger charge is 2.30. The number of aryl methyl sites for hydroxylation is 1. The monoisotopic (exact) mass is 716 g/mol. The Bertz CT molecular complexity index is 1710. The molecule has 50 heavy (non-hydrogen) atoms. The zero-order valence-corrected chi connectivity index (χ0v) is 30.3. The minimum Gasteiger partial charge on any atom is -0.394 e. The smallest absolute Gasteiger partial charge is 0.254 e. The summed E-state index contributed by atoms with van der Waals surface area (Å²) in [5.41, 5.74) is 6.87. The molecule has 274 valence electrons. The molecule has 0 aliphatic rings. The number of amides is 2. The zero-order valence-electron chi connectivity index (χ0n) is 29.5. The largest absolute Gasteiger partial charge is 0.394 e. The van der Waals surface area contributed by atoms with Gasteiger partial charge in [-0.15, -0.1) is 0 Å². The fourth-order valence-electron chi connectivity index (χ4n) is 5.56.